The Kier molecular flexibility index (Phi) is 3.29. The van der Waals surface area contributed by atoms with Crippen LogP contribution in [0.1, 0.15) is 11.3 Å². The predicted molar refractivity (Wildman–Crippen MR) is 53.8 cm³/mol. The number of nitrogens with two attached hydrogens (primary N) is 1. The quantitative estimate of drug-likeness (QED) is 0.445. The number of carbonyl (C=O) groups excluding carboxylic acids is 1. The number of amides is 1. The number of pyridine rings is 1. The van der Waals surface area contributed by atoms with Crippen LogP contribution < -0.4 is 5.73 Å². The standard InChI is InChI=1S/C9H6N4O3/c10-4-7-8(13(15)16)3-6(5-12-7)1-2-9(11)14/h1-3,5H,(H2,11,14). The summed E-state index contributed by atoms with van der Waals surface area (Å²) in [6.45, 7) is 0. The summed E-state index contributed by atoms with van der Waals surface area (Å²) in [5.74, 6) is -0.674. The molecule has 0 aliphatic rings. The van der Waals surface area contributed by atoms with Crippen LogP contribution in [0.15, 0.2) is 18.3 Å². The van der Waals surface area contributed by atoms with Crippen molar-refractivity contribution in [1.29, 1.82) is 5.26 Å². The topological polar surface area (TPSA) is 123 Å². The van der Waals surface area contributed by atoms with Gasteiger partial charge in [-0.05, 0) is 11.6 Å². The summed E-state index contributed by atoms with van der Waals surface area (Å²) in [6, 6.07) is 2.74. The minimum Gasteiger partial charge on any atom is -0.366 e. The lowest BCUT2D eigenvalue weighted by Crippen LogP contribution is -2.05. The highest BCUT2D eigenvalue weighted by atomic mass is 16.6. The molecule has 7 heteroatoms. The van der Waals surface area contributed by atoms with Crippen molar-refractivity contribution >= 4 is 17.7 Å². The first-order valence-corrected chi connectivity index (χ1v) is 4.06. The number of hydrogen-bond donors (Lipinski definition) is 1. The second-order valence-electron chi connectivity index (χ2n) is 2.74. The maximum Gasteiger partial charge on any atom is 0.306 e. The van der Waals surface area contributed by atoms with Crippen molar-refractivity contribution in [3.05, 3.63) is 39.7 Å². The van der Waals surface area contributed by atoms with Crippen molar-refractivity contribution in [1.82, 2.24) is 4.98 Å². The number of carbonyl (C=O) groups is 1. The van der Waals surface area contributed by atoms with E-state index in [-0.39, 0.29) is 5.69 Å². The number of rotatable bonds is 3. The monoisotopic (exact) mass is 218 g/mol. The molecule has 1 aromatic heterocycles. The van der Waals surface area contributed by atoms with Crippen molar-refractivity contribution in [2.24, 2.45) is 5.73 Å². The van der Waals surface area contributed by atoms with Crippen LogP contribution in [-0.2, 0) is 4.79 Å². The molecule has 0 spiro atoms. The largest absolute Gasteiger partial charge is 0.366 e. The van der Waals surface area contributed by atoms with Gasteiger partial charge >= 0.3 is 5.69 Å². The molecule has 0 atom stereocenters. The van der Waals surface area contributed by atoms with E-state index in [1.165, 1.54) is 12.3 Å². The highest BCUT2D eigenvalue weighted by Crippen LogP contribution is 2.17. The van der Waals surface area contributed by atoms with Crippen molar-refractivity contribution in [2.45, 2.75) is 0 Å². The van der Waals surface area contributed by atoms with Crippen LogP contribution in [0.3, 0.4) is 0 Å². The van der Waals surface area contributed by atoms with Crippen molar-refractivity contribution in [3.8, 4) is 6.07 Å². The molecule has 0 bridgehead atoms. The average Bonchev–Trinajstić information content (AvgIpc) is 2.25. The van der Waals surface area contributed by atoms with Crippen LogP contribution in [0.5, 0.6) is 0 Å². The van der Waals surface area contributed by atoms with Crippen molar-refractivity contribution in [3.63, 3.8) is 0 Å². The molecule has 0 radical (unpaired) electrons. The summed E-state index contributed by atoms with van der Waals surface area (Å²) in [5.41, 5.74) is 4.50. The van der Waals surface area contributed by atoms with Crippen LogP contribution >= 0.6 is 0 Å². The Labute approximate surface area is 90.0 Å². The zero-order valence-corrected chi connectivity index (χ0v) is 7.95. The molecule has 0 unspecified atom stereocenters. The van der Waals surface area contributed by atoms with E-state index in [0.717, 1.165) is 12.1 Å². The lowest BCUT2D eigenvalue weighted by molar-refractivity contribution is -0.385. The number of nitro groups is 1. The number of nitriles is 1. The first kappa shape index (κ1) is 11.3. The van der Waals surface area contributed by atoms with Gasteiger partial charge in [0, 0.05) is 18.3 Å². The van der Waals surface area contributed by atoms with Crippen molar-refractivity contribution in [2.75, 3.05) is 0 Å². The molecule has 0 aliphatic heterocycles. The van der Waals surface area contributed by atoms with Gasteiger partial charge in [0.05, 0.1) is 4.92 Å². The Morgan fingerprint density at radius 2 is 2.38 bits per heavy atom. The third-order valence-electron chi connectivity index (χ3n) is 1.63. The molecule has 7 nitrogen and oxygen atoms in total. The third-order valence-corrected chi connectivity index (χ3v) is 1.63. The number of primary amides is 1. The lowest BCUT2D eigenvalue weighted by Gasteiger charge is -1.95. The highest BCUT2D eigenvalue weighted by Gasteiger charge is 2.14. The summed E-state index contributed by atoms with van der Waals surface area (Å²) in [4.78, 5) is 23.9. The molecule has 0 saturated carbocycles. The smallest absolute Gasteiger partial charge is 0.306 e. The van der Waals surface area contributed by atoms with E-state index >= 15 is 0 Å². The first-order valence-electron chi connectivity index (χ1n) is 4.06. The van der Waals surface area contributed by atoms with Gasteiger partial charge in [0.1, 0.15) is 6.07 Å². The predicted octanol–water partition coefficient (Wildman–Crippen LogP) is 0.360. The molecular weight excluding hydrogens is 212 g/mol. The Hall–Kier alpha value is -2.75. The van der Waals surface area contributed by atoms with Gasteiger partial charge in [-0.3, -0.25) is 14.9 Å². The highest BCUT2D eigenvalue weighted by molar-refractivity contribution is 5.90. The van der Waals surface area contributed by atoms with Gasteiger partial charge in [-0.2, -0.15) is 5.26 Å². The fraction of sp³-hybridized carbons (Fsp3) is 0. The maximum absolute atomic E-state index is 10.6. The van der Waals surface area contributed by atoms with Gasteiger partial charge in [-0.25, -0.2) is 4.98 Å². The van der Waals surface area contributed by atoms with Crippen LogP contribution in [0.25, 0.3) is 6.08 Å². The Morgan fingerprint density at radius 1 is 1.69 bits per heavy atom. The molecule has 1 aromatic rings. The van der Waals surface area contributed by atoms with Gasteiger partial charge in [-0.15, -0.1) is 0 Å². The minimum atomic E-state index is -0.715. The Bertz CT molecular complexity index is 516. The minimum absolute atomic E-state index is 0.277. The zero-order chi connectivity index (χ0) is 12.1. The summed E-state index contributed by atoms with van der Waals surface area (Å²) in [7, 11) is 0. The van der Waals surface area contributed by atoms with E-state index in [1.54, 1.807) is 6.07 Å². The van der Waals surface area contributed by atoms with Crippen LogP contribution in [0.4, 0.5) is 5.69 Å². The molecular formula is C9H6N4O3. The lowest BCUT2D eigenvalue weighted by atomic mass is 10.2. The average molecular weight is 218 g/mol. The van der Waals surface area contributed by atoms with Crippen LogP contribution in [0, 0.1) is 21.4 Å². The molecule has 0 aromatic carbocycles. The number of nitrogens with zero attached hydrogens (tertiary/aromatic N) is 3. The van der Waals surface area contributed by atoms with Gasteiger partial charge < -0.3 is 5.73 Å². The van der Waals surface area contributed by atoms with E-state index in [4.69, 9.17) is 11.0 Å². The number of aromatic nitrogens is 1. The maximum atomic E-state index is 10.6. The molecule has 0 saturated heterocycles. The molecule has 2 N–H and O–H groups in total. The van der Waals surface area contributed by atoms with Crippen molar-refractivity contribution < 1.29 is 9.72 Å². The Morgan fingerprint density at radius 3 is 2.88 bits per heavy atom. The third kappa shape index (κ3) is 2.62. The molecule has 0 aliphatic carbocycles. The molecule has 1 rings (SSSR count). The normalized spacial score (nSPS) is 9.94. The summed E-state index contributed by atoms with van der Waals surface area (Å²) >= 11 is 0. The second-order valence-corrected chi connectivity index (χ2v) is 2.74. The number of hydrogen-bond acceptors (Lipinski definition) is 5. The SMILES string of the molecule is N#Cc1ncc(C=CC(N)=O)cc1[N+](=O)[O-]. The van der Waals surface area contributed by atoms with E-state index in [0.29, 0.717) is 5.56 Å². The summed E-state index contributed by atoms with van der Waals surface area (Å²) < 4.78 is 0. The van der Waals surface area contributed by atoms with Crippen LogP contribution in [0.2, 0.25) is 0 Å². The fourth-order valence-corrected chi connectivity index (χ4v) is 0.964. The van der Waals surface area contributed by atoms with E-state index in [9.17, 15) is 14.9 Å². The molecule has 1 heterocycles. The zero-order valence-electron chi connectivity index (χ0n) is 7.95. The molecule has 16 heavy (non-hydrogen) atoms. The fourth-order valence-electron chi connectivity index (χ4n) is 0.964. The van der Waals surface area contributed by atoms with Gasteiger partial charge in [0.25, 0.3) is 0 Å². The van der Waals surface area contributed by atoms with E-state index in [2.05, 4.69) is 4.98 Å². The molecule has 0 fully saturated rings. The molecule has 80 valence electrons. The van der Waals surface area contributed by atoms with Gasteiger partial charge in [-0.1, -0.05) is 0 Å². The Balaban J connectivity index is 3.18. The summed E-state index contributed by atoms with van der Waals surface area (Å²) in [5, 5.41) is 19.1. The summed E-state index contributed by atoms with van der Waals surface area (Å²) in [6.07, 6.45) is 3.57. The van der Waals surface area contributed by atoms with E-state index in [1.807, 2.05) is 0 Å². The second kappa shape index (κ2) is 4.65. The first-order chi connectivity index (χ1) is 7.54. The van der Waals surface area contributed by atoms with E-state index < -0.39 is 16.5 Å². The molecule has 1 amide bonds. The van der Waals surface area contributed by atoms with Crippen LogP contribution in [-0.4, -0.2) is 15.8 Å². The van der Waals surface area contributed by atoms with Gasteiger partial charge in [0.2, 0.25) is 11.6 Å². The van der Waals surface area contributed by atoms with Gasteiger partial charge in [0.15, 0.2) is 0 Å².